The van der Waals surface area contributed by atoms with Crippen LogP contribution in [0.2, 0.25) is 0 Å². The normalized spacial score (nSPS) is 13.1. The molecule has 0 bridgehead atoms. The molecule has 1 aliphatic rings. The van der Waals surface area contributed by atoms with Gasteiger partial charge in [0.1, 0.15) is 23.8 Å². The summed E-state index contributed by atoms with van der Waals surface area (Å²) < 4.78 is 10.9. The van der Waals surface area contributed by atoms with Gasteiger partial charge in [-0.2, -0.15) is 0 Å². The molecule has 1 fully saturated rings. The SMILES string of the molecule is COc1ccc(COc2ccc(C#CCC3CC3)nc2)cc1. The fourth-order valence-electron chi connectivity index (χ4n) is 2.04. The van der Waals surface area contributed by atoms with Crippen molar-refractivity contribution in [3.63, 3.8) is 0 Å². The van der Waals surface area contributed by atoms with Crippen LogP contribution < -0.4 is 9.47 Å². The average molecular weight is 293 g/mol. The molecule has 1 saturated carbocycles. The Morgan fingerprint density at radius 2 is 1.86 bits per heavy atom. The van der Waals surface area contributed by atoms with E-state index in [1.54, 1.807) is 13.3 Å². The third kappa shape index (κ3) is 4.26. The Morgan fingerprint density at radius 1 is 1.09 bits per heavy atom. The van der Waals surface area contributed by atoms with E-state index >= 15 is 0 Å². The Labute approximate surface area is 131 Å². The van der Waals surface area contributed by atoms with E-state index in [0.717, 1.165) is 35.1 Å². The van der Waals surface area contributed by atoms with E-state index < -0.39 is 0 Å². The first kappa shape index (κ1) is 14.5. The molecule has 0 atom stereocenters. The highest BCUT2D eigenvalue weighted by molar-refractivity contribution is 5.32. The second kappa shape index (κ2) is 7.00. The molecular formula is C19H19NO2. The van der Waals surface area contributed by atoms with Crippen molar-refractivity contribution in [1.29, 1.82) is 0 Å². The third-order valence-electron chi connectivity index (χ3n) is 3.61. The molecule has 0 saturated heterocycles. The standard InChI is InChI=1S/C19H19NO2/c1-21-18-10-7-16(8-11-18)14-22-19-12-9-17(20-13-19)4-2-3-15-5-6-15/h7-13,15H,3,5-6,14H2,1H3. The summed E-state index contributed by atoms with van der Waals surface area (Å²) in [6.45, 7) is 0.512. The van der Waals surface area contributed by atoms with Gasteiger partial charge in [0.2, 0.25) is 0 Å². The van der Waals surface area contributed by atoms with E-state index in [1.165, 1.54) is 12.8 Å². The zero-order valence-electron chi connectivity index (χ0n) is 12.7. The zero-order valence-corrected chi connectivity index (χ0v) is 12.7. The topological polar surface area (TPSA) is 31.4 Å². The molecule has 1 aliphatic carbocycles. The molecule has 1 aromatic heterocycles. The molecule has 112 valence electrons. The van der Waals surface area contributed by atoms with Crippen LogP contribution in [0.15, 0.2) is 42.6 Å². The van der Waals surface area contributed by atoms with Crippen molar-refractivity contribution in [2.75, 3.05) is 7.11 Å². The summed E-state index contributed by atoms with van der Waals surface area (Å²) in [5.41, 5.74) is 1.89. The fraction of sp³-hybridized carbons (Fsp3) is 0.316. The van der Waals surface area contributed by atoms with Crippen molar-refractivity contribution < 1.29 is 9.47 Å². The second-order valence-corrected chi connectivity index (χ2v) is 5.47. The number of hydrogen-bond donors (Lipinski definition) is 0. The van der Waals surface area contributed by atoms with Crippen LogP contribution in [0.5, 0.6) is 11.5 Å². The van der Waals surface area contributed by atoms with Gasteiger partial charge in [0.05, 0.1) is 13.3 Å². The van der Waals surface area contributed by atoms with Crippen LogP contribution in [-0.4, -0.2) is 12.1 Å². The molecule has 1 heterocycles. The smallest absolute Gasteiger partial charge is 0.138 e. The number of pyridine rings is 1. The maximum Gasteiger partial charge on any atom is 0.138 e. The van der Waals surface area contributed by atoms with Gasteiger partial charge in [-0.25, -0.2) is 4.98 Å². The Hall–Kier alpha value is -2.47. The molecule has 0 amide bonds. The summed E-state index contributed by atoms with van der Waals surface area (Å²) in [5.74, 6) is 8.72. The van der Waals surface area contributed by atoms with Crippen LogP contribution >= 0.6 is 0 Å². The Bertz CT molecular complexity index is 661. The van der Waals surface area contributed by atoms with E-state index in [2.05, 4.69) is 16.8 Å². The summed E-state index contributed by atoms with van der Waals surface area (Å²) in [7, 11) is 1.66. The van der Waals surface area contributed by atoms with Crippen LogP contribution in [0.1, 0.15) is 30.5 Å². The van der Waals surface area contributed by atoms with Crippen molar-refractivity contribution in [3.05, 3.63) is 53.9 Å². The van der Waals surface area contributed by atoms with Gasteiger partial charge in [-0.15, -0.1) is 0 Å². The highest BCUT2D eigenvalue weighted by Crippen LogP contribution is 2.31. The molecule has 0 unspecified atom stereocenters. The van der Waals surface area contributed by atoms with Crippen molar-refractivity contribution in [2.45, 2.75) is 25.9 Å². The number of benzene rings is 1. The summed E-state index contributed by atoms with van der Waals surface area (Å²) >= 11 is 0. The van der Waals surface area contributed by atoms with Gasteiger partial charge < -0.3 is 9.47 Å². The number of aromatic nitrogens is 1. The molecule has 0 spiro atoms. The summed E-state index contributed by atoms with van der Waals surface area (Å²) in [5, 5.41) is 0. The van der Waals surface area contributed by atoms with Gasteiger partial charge in [0.25, 0.3) is 0 Å². The molecule has 0 N–H and O–H groups in total. The van der Waals surface area contributed by atoms with Crippen LogP contribution in [0.25, 0.3) is 0 Å². The molecule has 3 rings (SSSR count). The van der Waals surface area contributed by atoms with E-state index in [9.17, 15) is 0 Å². The lowest BCUT2D eigenvalue weighted by atomic mass is 10.2. The number of rotatable bonds is 5. The lowest BCUT2D eigenvalue weighted by molar-refractivity contribution is 0.304. The van der Waals surface area contributed by atoms with Crippen LogP contribution in [0.4, 0.5) is 0 Å². The summed E-state index contributed by atoms with van der Waals surface area (Å²) in [6.07, 6.45) is 5.39. The second-order valence-electron chi connectivity index (χ2n) is 5.47. The molecule has 0 aliphatic heterocycles. The molecule has 1 aromatic carbocycles. The van der Waals surface area contributed by atoms with Gasteiger partial charge >= 0.3 is 0 Å². The molecule has 22 heavy (non-hydrogen) atoms. The highest BCUT2D eigenvalue weighted by Gasteiger charge is 2.19. The molecular weight excluding hydrogens is 274 g/mol. The average Bonchev–Trinajstić information content (AvgIpc) is 3.39. The maximum absolute atomic E-state index is 5.72. The van der Waals surface area contributed by atoms with E-state index in [1.807, 2.05) is 36.4 Å². The van der Waals surface area contributed by atoms with E-state index in [0.29, 0.717) is 6.61 Å². The molecule has 3 heteroatoms. The van der Waals surface area contributed by atoms with Crippen LogP contribution in [-0.2, 0) is 6.61 Å². The van der Waals surface area contributed by atoms with Gasteiger partial charge in [-0.05, 0) is 54.5 Å². The number of hydrogen-bond acceptors (Lipinski definition) is 3. The van der Waals surface area contributed by atoms with Crippen molar-refractivity contribution >= 4 is 0 Å². The quantitative estimate of drug-likeness (QED) is 0.785. The zero-order chi connectivity index (χ0) is 15.2. The monoisotopic (exact) mass is 293 g/mol. The minimum Gasteiger partial charge on any atom is -0.497 e. The Kier molecular flexibility index (Phi) is 4.60. The van der Waals surface area contributed by atoms with Gasteiger partial charge in [0.15, 0.2) is 0 Å². The van der Waals surface area contributed by atoms with Crippen LogP contribution in [0, 0.1) is 17.8 Å². The van der Waals surface area contributed by atoms with Crippen molar-refractivity contribution in [2.24, 2.45) is 5.92 Å². The molecule has 2 aromatic rings. The first-order chi connectivity index (χ1) is 10.8. The van der Waals surface area contributed by atoms with E-state index in [4.69, 9.17) is 9.47 Å². The largest absolute Gasteiger partial charge is 0.497 e. The summed E-state index contributed by atoms with van der Waals surface area (Å²) in [4.78, 5) is 4.32. The lowest BCUT2D eigenvalue weighted by Gasteiger charge is -2.06. The van der Waals surface area contributed by atoms with Gasteiger partial charge in [-0.3, -0.25) is 0 Å². The number of nitrogens with zero attached hydrogens (tertiary/aromatic N) is 1. The summed E-state index contributed by atoms with van der Waals surface area (Å²) in [6, 6.07) is 11.7. The Balaban J connectivity index is 1.52. The maximum atomic E-state index is 5.72. The number of methoxy groups -OCH3 is 1. The first-order valence-corrected chi connectivity index (χ1v) is 7.54. The lowest BCUT2D eigenvalue weighted by Crippen LogP contribution is -1.96. The predicted molar refractivity (Wildman–Crippen MR) is 85.8 cm³/mol. The van der Waals surface area contributed by atoms with Gasteiger partial charge in [0, 0.05) is 6.42 Å². The van der Waals surface area contributed by atoms with Gasteiger partial charge in [-0.1, -0.05) is 18.1 Å². The number of ether oxygens (including phenoxy) is 2. The predicted octanol–water partition coefficient (Wildman–Crippen LogP) is 3.82. The fourth-order valence-corrected chi connectivity index (χ4v) is 2.04. The van der Waals surface area contributed by atoms with Crippen molar-refractivity contribution in [3.8, 4) is 23.3 Å². The van der Waals surface area contributed by atoms with Crippen LogP contribution in [0.3, 0.4) is 0 Å². The minimum absolute atomic E-state index is 0.512. The van der Waals surface area contributed by atoms with Crippen molar-refractivity contribution in [1.82, 2.24) is 4.98 Å². The Morgan fingerprint density at radius 3 is 2.50 bits per heavy atom. The highest BCUT2D eigenvalue weighted by atomic mass is 16.5. The third-order valence-corrected chi connectivity index (χ3v) is 3.61. The van der Waals surface area contributed by atoms with E-state index in [-0.39, 0.29) is 0 Å². The molecule has 3 nitrogen and oxygen atoms in total. The minimum atomic E-state index is 0.512. The molecule has 0 radical (unpaired) electrons. The first-order valence-electron chi connectivity index (χ1n) is 7.54.